The molecular formula is C92H114Br3FN18O11S3. The third-order valence-corrected chi connectivity index (χ3v) is 28.4. The smallest absolute Gasteiger partial charge is 0.410 e. The van der Waals surface area contributed by atoms with Crippen LogP contribution in [0.2, 0.25) is 0 Å². The summed E-state index contributed by atoms with van der Waals surface area (Å²) in [5, 5.41) is 9.20. The van der Waals surface area contributed by atoms with Crippen LogP contribution in [0.1, 0.15) is 266 Å². The van der Waals surface area contributed by atoms with E-state index in [2.05, 4.69) is 187 Å². The molecule has 6 N–H and O–H groups in total. The molecule has 3 saturated heterocycles. The summed E-state index contributed by atoms with van der Waals surface area (Å²) >= 11 is 10.6. The molecule has 6 atom stereocenters. The summed E-state index contributed by atoms with van der Waals surface area (Å²) in [5.74, 6) is -0.801. The van der Waals surface area contributed by atoms with E-state index in [0.717, 1.165) is 87.6 Å². The van der Waals surface area contributed by atoms with E-state index in [1.807, 2.05) is 96.5 Å². The fraction of sp³-hybridized carbons (Fsp3) is 0.467. The third-order valence-electron chi connectivity index (χ3n) is 23.2. The summed E-state index contributed by atoms with van der Waals surface area (Å²) in [5.41, 5.74) is 1.88. The highest BCUT2D eigenvalue weighted by atomic mass is 79.9. The molecule has 0 spiro atoms. The van der Waals surface area contributed by atoms with Gasteiger partial charge in [0.15, 0.2) is 15.1 Å². The zero-order valence-electron chi connectivity index (χ0n) is 75.4. The van der Waals surface area contributed by atoms with Gasteiger partial charge in [-0.25, -0.2) is 48.9 Å². The summed E-state index contributed by atoms with van der Waals surface area (Å²) in [6.45, 7) is 38.1. The monoisotopic (exact) mass is 2000 g/mol. The first kappa shape index (κ1) is 97.3. The summed E-state index contributed by atoms with van der Waals surface area (Å²) in [4.78, 5) is 99.6. The zero-order chi connectivity index (χ0) is 93.4. The van der Waals surface area contributed by atoms with Crippen molar-refractivity contribution in [3.05, 3.63) is 216 Å². The molecule has 14 heterocycles. The molecule has 0 aromatic carbocycles. The Kier molecular flexibility index (Phi) is 28.9. The van der Waals surface area contributed by atoms with Crippen LogP contribution in [-0.2, 0) is 51.1 Å². The number of carbonyl (C=O) groups is 4. The van der Waals surface area contributed by atoms with E-state index >= 15 is 0 Å². The average molecular weight is 2000 g/mol. The van der Waals surface area contributed by atoms with Gasteiger partial charge in [0.1, 0.15) is 34.7 Å². The Morgan fingerprint density at radius 1 is 0.547 bits per heavy atom. The lowest BCUT2D eigenvalue weighted by Crippen LogP contribution is -2.45. The molecule has 8 bridgehead atoms. The predicted molar refractivity (Wildman–Crippen MR) is 502 cm³/mol. The van der Waals surface area contributed by atoms with Crippen LogP contribution in [0.4, 0.5) is 38.3 Å². The van der Waals surface area contributed by atoms with Gasteiger partial charge in [0.25, 0.3) is 47.8 Å². The molecule has 0 aliphatic carbocycles. The second-order valence-electron chi connectivity index (χ2n) is 39.3. The summed E-state index contributed by atoms with van der Waals surface area (Å²) in [6, 6.07) is 34.1. The molecule has 684 valence electrons. The Morgan fingerprint density at radius 2 is 1.00 bits per heavy atom. The number of nitrogens with zero attached hydrogens (tertiary/aromatic N) is 12. The van der Waals surface area contributed by atoms with Gasteiger partial charge in [-0.1, -0.05) is 128 Å². The number of anilines is 5. The number of rotatable bonds is 11. The predicted octanol–water partition coefficient (Wildman–Crippen LogP) is 18.4. The number of aromatic nitrogens is 9. The van der Waals surface area contributed by atoms with Gasteiger partial charge in [0.2, 0.25) is 5.95 Å². The summed E-state index contributed by atoms with van der Waals surface area (Å²) in [6.07, 6.45) is 12.0. The van der Waals surface area contributed by atoms with Crippen LogP contribution < -0.4 is 39.9 Å². The molecule has 29 nitrogen and oxygen atoms in total. The topological polar surface area (TPSA) is 378 Å². The number of pyridine rings is 9. The van der Waals surface area contributed by atoms with Gasteiger partial charge in [0, 0.05) is 102 Å². The molecule has 0 saturated carbocycles. The molecule has 3 unspecified atom stereocenters. The van der Waals surface area contributed by atoms with Gasteiger partial charge in [-0.2, -0.15) is 29.6 Å². The van der Waals surface area contributed by atoms with Crippen LogP contribution in [0.15, 0.2) is 174 Å². The maximum Gasteiger partial charge on any atom is 0.410 e. The van der Waals surface area contributed by atoms with E-state index in [-0.39, 0.29) is 84.6 Å². The van der Waals surface area contributed by atoms with Crippen LogP contribution in [0.5, 0.6) is 0 Å². The lowest BCUT2D eigenvalue weighted by atomic mass is 9.90. The largest absolute Gasteiger partial charge is 0.444 e. The van der Waals surface area contributed by atoms with Crippen LogP contribution >= 0.6 is 47.8 Å². The minimum Gasteiger partial charge on any atom is -0.444 e. The second-order valence-corrected chi connectivity index (χ2v) is 46.9. The molecule has 9 aromatic heterocycles. The van der Waals surface area contributed by atoms with Gasteiger partial charge in [0.05, 0.1) is 51.9 Å². The van der Waals surface area contributed by atoms with Gasteiger partial charge >= 0.3 is 6.09 Å². The average Bonchev–Trinajstić information content (AvgIpc) is 1.57. The second kappa shape index (κ2) is 38.0. The van der Waals surface area contributed by atoms with Crippen molar-refractivity contribution in [2.75, 3.05) is 45.4 Å². The molecule has 3 fully saturated rings. The number of hydrogen-bond acceptors (Lipinski definition) is 25. The van der Waals surface area contributed by atoms with Crippen molar-refractivity contribution in [2.45, 2.75) is 254 Å². The highest BCUT2D eigenvalue weighted by Crippen LogP contribution is 2.45. The maximum absolute atomic E-state index is 14.7. The Hall–Kier alpha value is -9.75. The van der Waals surface area contributed by atoms with Crippen LogP contribution in [0.25, 0.3) is 0 Å². The number of nitrogens with one attached hydrogen (secondary N) is 6. The van der Waals surface area contributed by atoms with Crippen molar-refractivity contribution in [1.29, 1.82) is 0 Å². The van der Waals surface area contributed by atoms with Crippen LogP contribution in [0.3, 0.4) is 0 Å². The number of fused-ring (bicyclic) bond motifs is 12. The molecule has 4 amide bonds. The highest BCUT2D eigenvalue weighted by Gasteiger charge is 2.46. The Morgan fingerprint density at radius 3 is 1.45 bits per heavy atom. The van der Waals surface area contributed by atoms with E-state index in [1.165, 1.54) is 36.4 Å². The SMILES string of the molecule is CC(C)(C)OC(=O)N1C[C@@H](CCC(Nc2cccc(S(=O)(=O)NC(=O)c3ccc(C(C)(C)C)nc3F)n2)c2cc(Br)ccn2)CC1(C)C.CC(C)(C)c1ccc2c(n1)N1C[C@@H](CCC(c3cc(Br)ccn3)Nc3cccc(n3)S(=O)(=O)NC2=O)CC1(C)C.CC(C)(C)c1ccc2c(n1)N1C[C@@H](CCC(c3cc(Br)ccn3)Nc3cccc(n3)S(=O)(=O)NC2=O)CC1(C)C. The number of hydrogen-bond donors (Lipinski definition) is 6. The lowest BCUT2D eigenvalue weighted by Gasteiger charge is -2.34. The summed E-state index contributed by atoms with van der Waals surface area (Å²) in [7, 11) is -13.0. The first-order valence-electron chi connectivity index (χ1n) is 42.6. The van der Waals surface area contributed by atoms with Crippen molar-refractivity contribution >= 4 is 131 Å². The molecule has 5 aliphatic rings. The molecule has 128 heavy (non-hydrogen) atoms. The molecule has 36 heteroatoms. The Balaban J connectivity index is 0.000000175. The first-order chi connectivity index (χ1) is 59.6. The zero-order valence-corrected chi connectivity index (χ0v) is 82.6. The fourth-order valence-electron chi connectivity index (χ4n) is 16.7. The number of likely N-dealkylation sites (tertiary alicyclic amines) is 1. The third kappa shape index (κ3) is 24.1. The van der Waals surface area contributed by atoms with E-state index in [9.17, 15) is 48.8 Å². The lowest BCUT2D eigenvalue weighted by molar-refractivity contribution is 0.0130. The standard InChI is InChI=1S/C34H44BrFN6O5S.2C29H35BrN6O3S/c1-32(2,3)26-15-13-23(29(36)39-26)30(43)41-48(45,46)28-11-9-10-27(40-28)38-24(25-18-22(35)16-17-37-25)14-12-21-19-34(7,8)42(20-21)31(44)47-33(4,5)6;2*1-28(2,3)23-12-10-20-26(33-23)36-17-18(16-29(36,4)5)9-11-21(22-15-19(30)13-14-31-22)32-24-7-6-8-25(34-24)40(38,39)35-27(20)37/h9-11,13,15-18,21,24H,12,14,19-20H2,1-8H3,(H,38,40)(H,41,43);2*6-8,10,12-15,18,21H,9,11,16-17H2,1-5H3,(H,32,34)(H,35,37)/t21-,24?;2*18-,21?/m000/s1. The number of carbonyl (C=O) groups excluding carboxylic acids is 4. The van der Waals surface area contributed by atoms with Crippen molar-refractivity contribution in [1.82, 2.24) is 63.9 Å². The maximum atomic E-state index is 14.7. The van der Waals surface area contributed by atoms with E-state index < -0.39 is 75.3 Å². The summed E-state index contributed by atoms with van der Waals surface area (Å²) < 4.78 is 109. The molecular weight excluding hydrogens is 1890 g/mol. The van der Waals surface area contributed by atoms with Gasteiger partial charge in [-0.15, -0.1) is 0 Å². The first-order valence-corrected chi connectivity index (χ1v) is 49.5. The number of amides is 4. The van der Waals surface area contributed by atoms with E-state index in [0.29, 0.717) is 72.6 Å². The van der Waals surface area contributed by atoms with E-state index in [4.69, 9.17) is 14.7 Å². The van der Waals surface area contributed by atoms with Gasteiger partial charge in [-0.3, -0.25) is 29.3 Å². The number of halogens is 4. The van der Waals surface area contributed by atoms with Crippen molar-refractivity contribution < 1.29 is 53.6 Å². The van der Waals surface area contributed by atoms with Gasteiger partial charge < -0.3 is 35.4 Å². The van der Waals surface area contributed by atoms with Crippen molar-refractivity contribution in [3.63, 3.8) is 0 Å². The Labute approximate surface area is 775 Å². The van der Waals surface area contributed by atoms with Crippen molar-refractivity contribution in [2.24, 2.45) is 17.8 Å². The molecule has 0 radical (unpaired) electrons. The van der Waals surface area contributed by atoms with Crippen molar-refractivity contribution in [3.8, 4) is 0 Å². The quantitative estimate of drug-likeness (QED) is 0.0655. The molecule has 9 aromatic rings. The number of ether oxygens (including phenoxy) is 1. The minimum atomic E-state index is -4.48. The highest BCUT2D eigenvalue weighted by molar-refractivity contribution is 9.11. The minimum absolute atomic E-state index is 0.186. The molecule has 5 aliphatic heterocycles. The van der Waals surface area contributed by atoms with Gasteiger partial charge in [-0.05, 0) is 247 Å². The van der Waals surface area contributed by atoms with Crippen LogP contribution in [0, 0.1) is 23.7 Å². The fourth-order valence-corrected chi connectivity index (χ4v) is 20.6. The molecule has 14 rings (SSSR count). The van der Waals surface area contributed by atoms with E-state index in [1.54, 1.807) is 78.1 Å². The number of sulfonamides is 3. The normalized spacial score (nSPS) is 20.4. The van der Waals surface area contributed by atoms with Crippen LogP contribution in [-0.4, -0.2) is 141 Å². The Bertz CT molecular complexity index is 5800.